The predicted molar refractivity (Wildman–Crippen MR) is 136 cm³/mol. The highest BCUT2D eigenvalue weighted by Gasteiger charge is 2.12. The van der Waals surface area contributed by atoms with Gasteiger partial charge in [-0.05, 0) is 89.7 Å². The zero-order valence-electron chi connectivity index (χ0n) is 17.6. The van der Waals surface area contributed by atoms with E-state index in [9.17, 15) is 0 Å². The van der Waals surface area contributed by atoms with Crippen molar-refractivity contribution in [3.05, 3.63) is 132 Å². The van der Waals surface area contributed by atoms with Crippen LogP contribution in [0.2, 0.25) is 0 Å². The highest BCUT2D eigenvalue weighted by atomic mass is 32.1. The van der Waals surface area contributed by atoms with E-state index in [0.717, 1.165) is 29.2 Å². The first-order chi connectivity index (χ1) is 15.9. The molecule has 0 spiro atoms. The Morgan fingerprint density at radius 1 is 0.719 bits per heavy atom. The lowest BCUT2D eigenvalue weighted by Crippen LogP contribution is -2.09. The Hall–Kier alpha value is -3.82. The maximum Gasteiger partial charge on any atom is 0.122 e. The van der Waals surface area contributed by atoms with E-state index in [4.69, 9.17) is 4.74 Å². The zero-order valence-corrected chi connectivity index (χ0v) is 18.4. The summed E-state index contributed by atoms with van der Waals surface area (Å²) < 4.78 is 5.49. The van der Waals surface area contributed by atoms with Crippen molar-refractivity contribution >= 4 is 34.5 Å². The molecule has 3 heteroatoms. The van der Waals surface area contributed by atoms with E-state index in [0.29, 0.717) is 0 Å². The van der Waals surface area contributed by atoms with Gasteiger partial charge in [-0.25, -0.2) is 0 Å². The number of rotatable bonds is 6. The second kappa shape index (κ2) is 9.54. The molecule has 5 rings (SSSR count). The number of allylic oxidation sites excluding steroid dienone is 3. The van der Waals surface area contributed by atoms with Crippen LogP contribution in [-0.2, 0) is 4.74 Å². The van der Waals surface area contributed by atoms with Crippen molar-refractivity contribution in [2.75, 3.05) is 4.90 Å². The van der Waals surface area contributed by atoms with Crippen molar-refractivity contribution in [3.8, 4) is 11.1 Å². The smallest absolute Gasteiger partial charge is 0.122 e. The third-order valence-electron chi connectivity index (χ3n) is 5.27. The van der Waals surface area contributed by atoms with Crippen LogP contribution >= 0.6 is 11.3 Å². The normalized spacial score (nSPS) is 13.1. The molecule has 0 fully saturated rings. The summed E-state index contributed by atoms with van der Waals surface area (Å²) in [5.41, 5.74) is 5.86. The van der Waals surface area contributed by atoms with Crippen LogP contribution in [-0.4, -0.2) is 0 Å². The summed E-state index contributed by atoms with van der Waals surface area (Å²) >= 11 is 1.74. The van der Waals surface area contributed by atoms with Crippen molar-refractivity contribution in [3.63, 3.8) is 0 Å². The molecule has 1 aliphatic heterocycles. The molecule has 0 saturated carbocycles. The molecule has 0 saturated heterocycles. The van der Waals surface area contributed by atoms with Gasteiger partial charge in [0.15, 0.2) is 0 Å². The van der Waals surface area contributed by atoms with Crippen molar-refractivity contribution in [1.29, 1.82) is 0 Å². The maximum absolute atomic E-state index is 5.49. The summed E-state index contributed by atoms with van der Waals surface area (Å²) in [6.45, 7) is 0. The number of ether oxygens (including phenoxy) is 1. The van der Waals surface area contributed by atoms with Gasteiger partial charge in [-0.3, -0.25) is 0 Å². The molecule has 0 unspecified atom stereocenters. The molecule has 0 radical (unpaired) electrons. The van der Waals surface area contributed by atoms with E-state index in [1.54, 1.807) is 17.6 Å². The van der Waals surface area contributed by atoms with Crippen molar-refractivity contribution in [2.24, 2.45) is 0 Å². The first-order valence-corrected chi connectivity index (χ1v) is 11.5. The molecule has 0 bridgehead atoms. The molecule has 0 amide bonds. The number of thiophene rings is 1. The van der Waals surface area contributed by atoms with Gasteiger partial charge in [0, 0.05) is 21.9 Å². The van der Waals surface area contributed by atoms with Gasteiger partial charge in [-0.2, -0.15) is 0 Å². The minimum atomic E-state index is 0.897. The van der Waals surface area contributed by atoms with Crippen molar-refractivity contribution in [2.45, 2.75) is 6.42 Å². The number of anilines is 3. The molecule has 0 aliphatic carbocycles. The highest BCUT2D eigenvalue weighted by Crippen LogP contribution is 2.36. The van der Waals surface area contributed by atoms with E-state index in [1.165, 1.54) is 16.0 Å². The van der Waals surface area contributed by atoms with E-state index in [1.807, 2.05) is 24.3 Å². The monoisotopic (exact) mass is 433 g/mol. The first kappa shape index (κ1) is 20.1. The predicted octanol–water partition coefficient (Wildman–Crippen LogP) is 8.72. The van der Waals surface area contributed by atoms with Gasteiger partial charge >= 0.3 is 0 Å². The van der Waals surface area contributed by atoms with E-state index in [-0.39, 0.29) is 0 Å². The molecule has 0 N–H and O–H groups in total. The lowest BCUT2D eigenvalue weighted by atomic mass is 10.1. The summed E-state index contributed by atoms with van der Waals surface area (Å²) in [7, 11) is 0. The summed E-state index contributed by atoms with van der Waals surface area (Å²) in [6.07, 6.45) is 10.9. The maximum atomic E-state index is 5.49. The summed E-state index contributed by atoms with van der Waals surface area (Å²) in [5.74, 6) is 0.897. The van der Waals surface area contributed by atoms with Gasteiger partial charge in [0.05, 0.1) is 6.26 Å². The van der Waals surface area contributed by atoms with Gasteiger partial charge in [0.2, 0.25) is 0 Å². The standard InChI is InChI=1S/C29H23NOS/c1-3-9-25(10-4-1)30(26-11-5-2-6-12-26)27-16-14-23(15-17-27)24-21-29(32-22-24)19-18-28-13-7-8-20-31-28/h1-6,8-22H,7H2/b19-18+. The average Bonchev–Trinajstić information content (AvgIpc) is 3.35. The quantitative estimate of drug-likeness (QED) is 0.301. The number of benzene rings is 3. The molecule has 1 aliphatic rings. The average molecular weight is 434 g/mol. The van der Waals surface area contributed by atoms with Gasteiger partial charge in [0.1, 0.15) is 5.76 Å². The molecular weight excluding hydrogens is 410 g/mol. The fourth-order valence-corrected chi connectivity index (χ4v) is 4.49. The Balaban J connectivity index is 1.39. The van der Waals surface area contributed by atoms with Crippen LogP contribution in [0.15, 0.2) is 127 Å². The molecular formula is C29H23NOS. The molecule has 32 heavy (non-hydrogen) atoms. The molecule has 4 aromatic rings. The fraction of sp³-hybridized carbons (Fsp3) is 0.0345. The molecule has 3 aromatic carbocycles. The van der Waals surface area contributed by atoms with E-state index in [2.05, 4.69) is 101 Å². The topological polar surface area (TPSA) is 12.5 Å². The lowest BCUT2D eigenvalue weighted by molar-refractivity contribution is 0.359. The number of nitrogens with zero attached hydrogens (tertiary/aromatic N) is 1. The third kappa shape index (κ3) is 4.58. The number of hydrogen-bond acceptors (Lipinski definition) is 3. The Kier molecular flexibility index (Phi) is 6.00. The molecule has 2 heterocycles. The Bertz CT molecular complexity index is 1210. The van der Waals surface area contributed by atoms with Crippen LogP contribution in [0.3, 0.4) is 0 Å². The third-order valence-corrected chi connectivity index (χ3v) is 6.17. The number of para-hydroxylation sites is 2. The minimum Gasteiger partial charge on any atom is -0.466 e. The van der Waals surface area contributed by atoms with Gasteiger partial charge in [-0.1, -0.05) is 48.5 Å². The number of hydrogen-bond donors (Lipinski definition) is 0. The summed E-state index contributed by atoms with van der Waals surface area (Å²) in [4.78, 5) is 3.48. The molecule has 156 valence electrons. The summed E-state index contributed by atoms with van der Waals surface area (Å²) in [6, 6.07) is 31.9. The van der Waals surface area contributed by atoms with Crippen LogP contribution in [0, 0.1) is 0 Å². The van der Waals surface area contributed by atoms with Crippen molar-refractivity contribution in [1.82, 2.24) is 0 Å². The van der Waals surface area contributed by atoms with E-state index >= 15 is 0 Å². The van der Waals surface area contributed by atoms with Gasteiger partial charge < -0.3 is 9.64 Å². The summed E-state index contributed by atoms with van der Waals surface area (Å²) in [5, 5.41) is 2.21. The largest absolute Gasteiger partial charge is 0.466 e. The van der Waals surface area contributed by atoms with Gasteiger partial charge in [0.25, 0.3) is 0 Å². The lowest BCUT2D eigenvalue weighted by Gasteiger charge is -2.25. The van der Waals surface area contributed by atoms with Gasteiger partial charge in [-0.15, -0.1) is 11.3 Å². The van der Waals surface area contributed by atoms with Crippen LogP contribution in [0.4, 0.5) is 17.1 Å². The van der Waals surface area contributed by atoms with Crippen LogP contribution in [0.1, 0.15) is 11.3 Å². The first-order valence-electron chi connectivity index (χ1n) is 10.7. The Morgan fingerprint density at radius 2 is 1.38 bits per heavy atom. The van der Waals surface area contributed by atoms with Crippen molar-refractivity contribution < 1.29 is 4.74 Å². The molecule has 2 nitrogen and oxygen atoms in total. The Morgan fingerprint density at radius 3 is 2.00 bits per heavy atom. The van der Waals surface area contributed by atoms with Crippen LogP contribution in [0.25, 0.3) is 17.2 Å². The second-order valence-electron chi connectivity index (χ2n) is 7.46. The fourth-order valence-electron chi connectivity index (χ4n) is 3.68. The minimum absolute atomic E-state index is 0.897. The molecule has 0 atom stereocenters. The Labute approximate surface area is 193 Å². The van der Waals surface area contributed by atoms with Crippen LogP contribution in [0.5, 0.6) is 0 Å². The highest BCUT2D eigenvalue weighted by molar-refractivity contribution is 7.11. The van der Waals surface area contributed by atoms with Crippen LogP contribution < -0.4 is 4.90 Å². The zero-order chi connectivity index (χ0) is 21.6. The second-order valence-corrected chi connectivity index (χ2v) is 8.40. The molecule has 1 aromatic heterocycles. The SMILES string of the molecule is C1=COC(/C=C/c2cc(-c3ccc(N(c4ccccc4)c4ccccc4)cc3)cs2)=CC1. The van der Waals surface area contributed by atoms with E-state index < -0.39 is 0 Å².